The molecule has 1 rings (SSSR count). The molecular formula is C17H30N2O5. The molecule has 0 aliphatic heterocycles. The molecule has 0 aromatic rings. The van der Waals surface area contributed by atoms with Crippen molar-refractivity contribution in [2.24, 2.45) is 17.6 Å². The predicted molar refractivity (Wildman–Crippen MR) is 88.9 cm³/mol. The third-order valence-corrected chi connectivity index (χ3v) is 4.54. The third-order valence-electron chi connectivity index (χ3n) is 4.54. The number of nitrogens with one attached hydrogen (secondary N) is 1. The van der Waals surface area contributed by atoms with E-state index in [4.69, 9.17) is 15.2 Å². The molecule has 24 heavy (non-hydrogen) atoms. The van der Waals surface area contributed by atoms with Gasteiger partial charge in [0.15, 0.2) is 0 Å². The van der Waals surface area contributed by atoms with Gasteiger partial charge in [-0.15, -0.1) is 0 Å². The lowest BCUT2D eigenvalue weighted by atomic mass is 9.93. The van der Waals surface area contributed by atoms with Gasteiger partial charge in [-0.05, 0) is 19.3 Å². The first-order valence-electron chi connectivity index (χ1n) is 8.61. The summed E-state index contributed by atoms with van der Waals surface area (Å²) in [6.45, 7) is 3.55. The summed E-state index contributed by atoms with van der Waals surface area (Å²) in [5.41, 5.74) is 6.18. The Morgan fingerprint density at radius 3 is 2.38 bits per heavy atom. The van der Waals surface area contributed by atoms with Crippen LogP contribution in [0.2, 0.25) is 0 Å². The molecule has 0 radical (unpaired) electrons. The lowest BCUT2D eigenvalue weighted by Crippen LogP contribution is -2.35. The molecule has 138 valence electrons. The number of carbonyl (C=O) groups is 3. The standard InChI is InChI=1S/C17H30N2O5/c1-11(20)19-9-7-5-4-6-8-13-15(18)10-14(17(22)23-3)16(13)24-12(2)21/h13-16H,4-10,18H2,1-3H3,(H,19,20). The van der Waals surface area contributed by atoms with E-state index in [0.29, 0.717) is 13.0 Å². The molecule has 1 fully saturated rings. The minimum atomic E-state index is -0.496. The zero-order chi connectivity index (χ0) is 18.1. The maximum Gasteiger partial charge on any atom is 0.312 e. The Morgan fingerprint density at radius 2 is 1.79 bits per heavy atom. The van der Waals surface area contributed by atoms with E-state index < -0.39 is 18.0 Å². The number of ether oxygens (including phenoxy) is 2. The highest BCUT2D eigenvalue weighted by Gasteiger charge is 2.47. The van der Waals surface area contributed by atoms with Crippen LogP contribution in [0, 0.1) is 11.8 Å². The number of rotatable bonds is 9. The first kappa shape index (κ1) is 20.4. The molecule has 4 unspecified atom stereocenters. The Kier molecular flexibility index (Phi) is 8.74. The average Bonchev–Trinajstić information content (AvgIpc) is 2.81. The summed E-state index contributed by atoms with van der Waals surface area (Å²) in [6.07, 6.45) is 4.71. The highest BCUT2D eigenvalue weighted by atomic mass is 16.6. The average molecular weight is 342 g/mol. The molecule has 0 aromatic heterocycles. The largest absolute Gasteiger partial charge is 0.469 e. The highest BCUT2D eigenvalue weighted by Crippen LogP contribution is 2.37. The number of methoxy groups -OCH3 is 1. The maximum absolute atomic E-state index is 11.9. The summed E-state index contributed by atoms with van der Waals surface area (Å²) < 4.78 is 10.2. The van der Waals surface area contributed by atoms with E-state index in [2.05, 4.69) is 5.32 Å². The van der Waals surface area contributed by atoms with E-state index in [9.17, 15) is 14.4 Å². The van der Waals surface area contributed by atoms with Gasteiger partial charge in [-0.25, -0.2) is 0 Å². The van der Waals surface area contributed by atoms with E-state index in [1.54, 1.807) is 0 Å². The first-order valence-corrected chi connectivity index (χ1v) is 8.61. The van der Waals surface area contributed by atoms with Gasteiger partial charge in [-0.3, -0.25) is 14.4 Å². The molecule has 3 N–H and O–H groups in total. The normalized spacial score (nSPS) is 26.0. The number of hydrogen-bond acceptors (Lipinski definition) is 6. The van der Waals surface area contributed by atoms with Crippen molar-refractivity contribution in [2.75, 3.05) is 13.7 Å². The molecule has 0 spiro atoms. The van der Waals surface area contributed by atoms with Crippen LogP contribution in [0.5, 0.6) is 0 Å². The lowest BCUT2D eigenvalue weighted by Gasteiger charge is -2.24. The second-order valence-corrected chi connectivity index (χ2v) is 6.45. The Labute approximate surface area is 143 Å². The van der Waals surface area contributed by atoms with Gasteiger partial charge in [0.2, 0.25) is 5.91 Å². The minimum Gasteiger partial charge on any atom is -0.469 e. The molecule has 1 aliphatic carbocycles. The Balaban J connectivity index is 2.44. The van der Waals surface area contributed by atoms with Crippen LogP contribution in [0.1, 0.15) is 52.4 Å². The minimum absolute atomic E-state index is 0.00926. The maximum atomic E-state index is 11.9. The number of hydrogen-bond donors (Lipinski definition) is 2. The molecule has 1 saturated carbocycles. The molecule has 7 heteroatoms. The van der Waals surface area contributed by atoms with E-state index in [0.717, 1.165) is 32.1 Å². The van der Waals surface area contributed by atoms with Crippen molar-refractivity contribution < 1.29 is 23.9 Å². The van der Waals surface area contributed by atoms with Gasteiger partial charge in [0.25, 0.3) is 0 Å². The van der Waals surface area contributed by atoms with E-state index in [1.807, 2.05) is 0 Å². The fraction of sp³-hybridized carbons (Fsp3) is 0.824. The molecule has 4 atom stereocenters. The van der Waals surface area contributed by atoms with E-state index in [1.165, 1.54) is 21.0 Å². The molecule has 0 saturated heterocycles. The van der Waals surface area contributed by atoms with Crippen LogP contribution in [0.3, 0.4) is 0 Å². The van der Waals surface area contributed by atoms with Crippen LogP contribution >= 0.6 is 0 Å². The van der Waals surface area contributed by atoms with E-state index >= 15 is 0 Å². The van der Waals surface area contributed by atoms with Crippen molar-refractivity contribution in [3.05, 3.63) is 0 Å². The van der Waals surface area contributed by atoms with Gasteiger partial charge in [0, 0.05) is 32.4 Å². The van der Waals surface area contributed by atoms with Crippen LogP contribution in [0.4, 0.5) is 0 Å². The summed E-state index contributed by atoms with van der Waals surface area (Å²) in [5.74, 6) is -1.27. The Morgan fingerprint density at radius 1 is 1.12 bits per heavy atom. The molecule has 7 nitrogen and oxygen atoms in total. The van der Waals surface area contributed by atoms with Crippen molar-refractivity contribution in [3.8, 4) is 0 Å². The number of esters is 2. The fourth-order valence-electron chi connectivity index (χ4n) is 3.39. The molecule has 0 bridgehead atoms. The summed E-state index contributed by atoms with van der Waals surface area (Å²) in [4.78, 5) is 34.0. The molecule has 0 heterocycles. The van der Waals surface area contributed by atoms with Crippen molar-refractivity contribution in [1.82, 2.24) is 5.32 Å². The quantitative estimate of drug-likeness (QED) is 0.480. The number of nitrogens with two attached hydrogens (primary N) is 1. The van der Waals surface area contributed by atoms with Gasteiger partial charge in [-0.2, -0.15) is 0 Å². The lowest BCUT2D eigenvalue weighted by molar-refractivity contribution is -0.159. The third kappa shape index (κ3) is 6.47. The first-order chi connectivity index (χ1) is 11.4. The zero-order valence-corrected chi connectivity index (χ0v) is 14.9. The number of amides is 1. The molecule has 1 aliphatic rings. The second kappa shape index (κ2) is 10.3. The topological polar surface area (TPSA) is 108 Å². The SMILES string of the molecule is COC(=O)C1CC(N)C(CCCCCCNC(C)=O)C1OC(C)=O. The van der Waals surface area contributed by atoms with Gasteiger partial charge in [0.1, 0.15) is 6.10 Å². The number of carbonyl (C=O) groups excluding carboxylic acids is 3. The van der Waals surface area contributed by atoms with Crippen molar-refractivity contribution in [3.63, 3.8) is 0 Å². The van der Waals surface area contributed by atoms with Gasteiger partial charge >= 0.3 is 11.9 Å². The summed E-state index contributed by atoms with van der Waals surface area (Å²) >= 11 is 0. The summed E-state index contributed by atoms with van der Waals surface area (Å²) in [5, 5.41) is 2.77. The van der Waals surface area contributed by atoms with Crippen LogP contribution in [-0.4, -0.2) is 43.6 Å². The van der Waals surface area contributed by atoms with Crippen molar-refractivity contribution >= 4 is 17.8 Å². The fourth-order valence-corrected chi connectivity index (χ4v) is 3.39. The smallest absolute Gasteiger partial charge is 0.312 e. The van der Waals surface area contributed by atoms with E-state index in [-0.39, 0.29) is 23.8 Å². The highest BCUT2D eigenvalue weighted by molar-refractivity contribution is 5.75. The second-order valence-electron chi connectivity index (χ2n) is 6.45. The zero-order valence-electron chi connectivity index (χ0n) is 14.9. The van der Waals surface area contributed by atoms with Crippen molar-refractivity contribution in [2.45, 2.75) is 64.5 Å². The van der Waals surface area contributed by atoms with Crippen LogP contribution in [-0.2, 0) is 23.9 Å². The van der Waals surface area contributed by atoms with Gasteiger partial charge < -0.3 is 20.5 Å². The Hall–Kier alpha value is -1.63. The Bertz CT molecular complexity index is 441. The van der Waals surface area contributed by atoms with Crippen LogP contribution in [0.15, 0.2) is 0 Å². The monoisotopic (exact) mass is 342 g/mol. The van der Waals surface area contributed by atoms with Gasteiger partial charge in [-0.1, -0.05) is 19.3 Å². The van der Waals surface area contributed by atoms with Crippen LogP contribution < -0.4 is 11.1 Å². The summed E-state index contributed by atoms with van der Waals surface area (Å²) in [6, 6.07) is -0.169. The number of unbranched alkanes of at least 4 members (excludes halogenated alkanes) is 3. The van der Waals surface area contributed by atoms with Crippen molar-refractivity contribution in [1.29, 1.82) is 0 Å². The molecule has 1 amide bonds. The molecule has 0 aromatic carbocycles. The van der Waals surface area contributed by atoms with Crippen LogP contribution in [0.25, 0.3) is 0 Å². The predicted octanol–water partition coefficient (Wildman–Crippen LogP) is 1.14. The molecular weight excluding hydrogens is 312 g/mol. The van der Waals surface area contributed by atoms with Gasteiger partial charge in [0.05, 0.1) is 13.0 Å². The summed E-state index contributed by atoms with van der Waals surface area (Å²) in [7, 11) is 1.33.